The number of anilines is 1. The Morgan fingerprint density at radius 1 is 0.970 bits per heavy atom. The number of carbonyl (C=O) groups excluding carboxylic acids is 1. The number of nitrogens with zero attached hydrogens (tertiary/aromatic N) is 3. The Morgan fingerprint density at radius 2 is 1.67 bits per heavy atom. The number of rotatable bonds is 10. The second-order valence-corrected chi connectivity index (χ2v) is 8.13. The average molecular weight is 447 g/mol. The van der Waals surface area contributed by atoms with Gasteiger partial charge in [0, 0.05) is 0 Å². The summed E-state index contributed by atoms with van der Waals surface area (Å²) >= 11 is 0. The molecule has 0 amide bonds. The van der Waals surface area contributed by atoms with Crippen molar-refractivity contribution >= 4 is 34.0 Å². The highest BCUT2D eigenvalue weighted by atomic mass is 16.5. The predicted molar refractivity (Wildman–Crippen MR) is 131 cm³/mol. The molecule has 7 nitrogen and oxygen atoms in total. The van der Waals surface area contributed by atoms with Crippen molar-refractivity contribution in [2.75, 3.05) is 19.5 Å². The minimum absolute atomic E-state index is 0.283. The molecular weight excluding hydrogens is 416 g/mol. The highest BCUT2D eigenvalue weighted by Crippen LogP contribution is 2.29. The van der Waals surface area contributed by atoms with Crippen LogP contribution in [0, 0.1) is 0 Å². The highest BCUT2D eigenvalue weighted by Gasteiger charge is 2.25. The second kappa shape index (κ2) is 10.3. The van der Waals surface area contributed by atoms with Gasteiger partial charge in [-0.25, -0.2) is 14.8 Å². The zero-order valence-corrected chi connectivity index (χ0v) is 19.2. The first kappa shape index (κ1) is 22.6. The zero-order valence-electron chi connectivity index (χ0n) is 19.2. The van der Waals surface area contributed by atoms with Crippen molar-refractivity contribution in [2.24, 2.45) is 0 Å². The number of benzene rings is 2. The van der Waals surface area contributed by atoms with E-state index in [4.69, 9.17) is 25.2 Å². The van der Waals surface area contributed by atoms with Crippen LogP contribution < -0.4 is 10.5 Å². The molecule has 0 saturated carbocycles. The van der Waals surface area contributed by atoms with Crippen LogP contribution in [0.4, 0.5) is 5.82 Å². The van der Waals surface area contributed by atoms with Crippen LogP contribution in [0.1, 0.15) is 54.9 Å². The van der Waals surface area contributed by atoms with Gasteiger partial charge in [-0.3, -0.25) is 0 Å². The summed E-state index contributed by atoms with van der Waals surface area (Å²) in [5.74, 6) is 0.635. The van der Waals surface area contributed by atoms with Crippen LogP contribution in [0.25, 0.3) is 22.2 Å². The van der Waals surface area contributed by atoms with E-state index in [1.54, 1.807) is 7.11 Å². The maximum absolute atomic E-state index is 13.1. The van der Waals surface area contributed by atoms with E-state index < -0.39 is 5.97 Å². The molecule has 0 radical (unpaired) electrons. The molecule has 2 aromatic heterocycles. The Morgan fingerprint density at radius 3 is 2.36 bits per heavy atom. The van der Waals surface area contributed by atoms with Gasteiger partial charge in [0.15, 0.2) is 5.65 Å². The molecule has 2 N–H and O–H groups in total. The average Bonchev–Trinajstić information content (AvgIpc) is 3.10. The molecule has 0 saturated heterocycles. The number of fused-ring (bicyclic) bond motifs is 2. The van der Waals surface area contributed by atoms with Gasteiger partial charge in [0.2, 0.25) is 0 Å². The third-order valence-electron chi connectivity index (χ3n) is 5.78. The Kier molecular flexibility index (Phi) is 7.07. The molecule has 0 aliphatic carbocycles. The molecule has 0 fully saturated rings. The molecule has 7 heteroatoms. The molecule has 4 aromatic rings. The lowest BCUT2D eigenvalue weighted by atomic mass is 10.2. The van der Waals surface area contributed by atoms with Gasteiger partial charge < -0.3 is 19.8 Å². The fraction of sp³-hybridized carbons (Fsp3) is 0.346. The van der Waals surface area contributed by atoms with Crippen LogP contribution in [0.15, 0.2) is 48.5 Å². The third kappa shape index (κ3) is 4.92. The first-order chi connectivity index (χ1) is 16.1. The Balaban J connectivity index is 1.68. The van der Waals surface area contributed by atoms with E-state index in [0.29, 0.717) is 35.7 Å². The van der Waals surface area contributed by atoms with Crippen LogP contribution in [0.3, 0.4) is 0 Å². The first-order valence-electron chi connectivity index (χ1n) is 11.5. The molecule has 0 atom stereocenters. The Hall–Kier alpha value is -3.61. The number of hydrogen-bond acceptors (Lipinski definition) is 6. The van der Waals surface area contributed by atoms with Gasteiger partial charge in [0.1, 0.15) is 22.6 Å². The number of esters is 1. The number of hydrogen-bond donors (Lipinski definition) is 1. The van der Waals surface area contributed by atoms with Gasteiger partial charge in [-0.1, -0.05) is 56.9 Å². The van der Waals surface area contributed by atoms with E-state index in [1.165, 1.54) is 12.8 Å². The normalized spacial score (nSPS) is 11.2. The topological polar surface area (TPSA) is 92.3 Å². The van der Waals surface area contributed by atoms with Crippen molar-refractivity contribution < 1.29 is 14.3 Å². The number of aromatic nitrogens is 3. The van der Waals surface area contributed by atoms with E-state index in [2.05, 4.69) is 6.92 Å². The zero-order chi connectivity index (χ0) is 23.2. The van der Waals surface area contributed by atoms with E-state index in [-0.39, 0.29) is 5.56 Å². The lowest BCUT2D eigenvalue weighted by Gasteiger charge is -2.09. The van der Waals surface area contributed by atoms with Crippen LogP contribution in [-0.4, -0.2) is 34.2 Å². The molecule has 2 heterocycles. The number of ether oxygens (including phenoxy) is 2. The lowest BCUT2D eigenvalue weighted by Crippen LogP contribution is -2.11. The summed E-state index contributed by atoms with van der Waals surface area (Å²) in [5, 5.41) is 0. The van der Waals surface area contributed by atoms with Gasteiger partial charge in [-0.15, -0.1) is 0 Å². The summed E-state index contributed by atoms with van der Waals surface area (Å²) in [7, 11) is 1.63. The molecule has 0 spiro atoms. The molecule has 33 heavy (non-hydrogen) atoms. The SMILES string of the molecule is CCCCCCCOC(=O)c1c(N)n(Cc2ccc(OC)cc2)c2nc3ccccc3nc12. The number of nitrogen functional groups attached to an aromatic ring is 1. The predicted octanol–water partition coefficient (Wildman–Crippen LogP) is 5.35. The smallest absolute Gasteiger partial charge is 0.344 e. The van der Waals surface area contributed by atoms with Crippen molar-refractivity contribution in [2.45, 2.75) is 45.6 Å². The van der Waals surface area contributed by atoms with Gasteiger partial charge in [0.25, 0.3) is 0 Å². The summed E-state index contributed by atoms with van der Waals surface area (Å²) < 4.78 is 12.7. The summed E-state index contributed by atoms with van der Waals surface area (Å²) in [6.07, 6.45) is 5.40. The Bertz CT molecular complexity index is 1250. The van der Waals surface area contributed by atoms with E-state index in [1.807, 2.05) is 53.1 Å². The molecule has 0 unspecified atom stereocenters. The molecule has 4 rings (SSSR count). The summed E-state index contributed by atoms with van der Waals surface area (Å²) in [5.41, 5.74) is 10.3. The van der Waals surface area contributed by atoms with Crippen molar-refractivity contribution in [1.82, 2.24) is 14.5 Å². The maximum Gasteiger partial charge on any atom is 0.344 e. The number of methoxy groups -OCH3 is 1. The maximum atomic E-state index is 13.1. The van der Waals surface area contributed by atoms with Crippen molar-refractivity contribution in [3.8, 4) is 5.75 Å². The molecule has 2 aromatic carbocycles. The number of para-hydroxylation sites is 2. The molecule has 172 valence electrons. The number of unbranched alkanes of at least 4 members (excludes halogenated alkanes) is 4. The standard InChI is InChI=1S/C26H30N4O3/c1-3-4-5-6-9-16-33-26(31)22-23-25(29-21-11-8-7-10-20(21)28-23)30(24(22)27)17-18-12-14-19(32-2)15-13-18/h7-8,10-15H,3-6,9,16-17,27H2,1-2H3. The van der Waals surface area contributed by atoms with E-state index in [9.17, 15) is 4.79 Å². The first-order valence-corrected chi connectivity index (χ1v) is 11.5. The van der Waals surface area contributed by atoms with Crippen LogP contribution in [-0.2, 0) is 11.3 Å². The summed E-state index contributed by atoms with van der Waals surface area (Å²) in [6, 6.07) is 15.3. The van der Waals surface area contributed by atoms with Gasteiger partial charge >= 0.3 is 5.97 Å². The molecule has 0 bridgehead atoms. The molecule has 0 aliphatic rings. The van der Waals surface area contributed by atoms with Gasteiger partial charge in [0.05, 0.1) is 31.3 Å². The third-order valence-corrected chi connectivity index (χ3v) is 5.78. The van der Waals surface area contributed by atoms with Crippen molar-refractivity contribution in [3.63, 3.8) is 0 Å². The quantitative estimate of drug-likeness (QED) is 0.261. The minimum Gasteiger partial charge on any atom is -0.497 e. The summed E-state index contributed by atoms with van der Waals surface area (Å²) in [6.45, 7) is 2.99. The van der Waals surface area contributed by atoms with E-state index >= 15 is 0 Å². The lowest BCUT2D eigenvalue weighted by molar-refractivity contribution is 0.0501. The number of nitrogens with two attached hydrogens (primary N) is 1. The molecule has 0 aliphatic heterocycles. The van der Waals surface area contributed by atoms with Gasteiger partial charge in [-0.05, 0) is 36.2 Å². The van der Waals surface area contributed by atoms with Crippen molar-refractivity contribution in [3.05, 3.63) is 59.7 Å². The fourth-order valence-corrected chi connectivity index (χ4v) is 3.93. The molecular formula is C26H30N4O3. The van der Waals surface area contributed by atoms with E-state index in [0.717, 1.165) is 36.1 Å². The highest BCUT2D eigenvalue weighted by molar-refractivity contribution is 6.08. The summed E-state index contributed by atoms with van der Waals surface area (Å²) in [4.78, 5) is 22.6. The van der Waals surface area contributed by atoms with Gasteiger partial charge in [-0.2, -0.15) is 0 Å². The second-order valence-electron chi connectivity index (χ2n) is 8.13. The van der Waals surface area contributed by atoms with Crippen LogP contribution in [0.2, 0.25) is 0 Å². The Labute approximate surface area is 193 Å². The number of carbonyl (C=O) groups is 1. The van der Waals surface area contributed by atoms with Crippen LogP contribution >= 0.6 is 0 Å². The van der Waals surface area contributed by atoms with Crippen LogP contribution in [0.5, 0.6) is 5.75 Å². The largest absolute Gasteiger partial charge is 0.497 e. The fourth-order valence-electron chi connectivity index (χ4n) is 3.93. The monoisotopic (exact) mass is 446 g/mol. The minimum atomic E-state index is -0.453. The van der Waals surface area contributed by atoms with Crippen molar-refractivity contribution in [1.29, 1.82) is 0 Å².